The van der Waals surface area contributed by atoms with E-state index in [2.05, 4.69) is 5.32 Å². The van der Waals surface area contributed by atoms with Crippen molar-refractivity contribution in [2.24, 2.45) is 0 Å². The maximum Gasteiger partial charge on any atom is 0.254 e. The smallest absolute Gasteiger partial charge is 0.254 e. The number of carbonyl (C=O) groups excluding carboxylic acids is 1. The van der Waals surface area contributed by atoms with Crippen LogP contribution in [0, 0.1) is 5.82 Å². The van der Waals surface area contributed by atoms with Crippen molar-refractivity contribution < 1.29 is 13.9 Å². The van der Waals surface area contributed by atoms with Crippen LogP contribution in [0.25, 0.3) is 0 Å². The minimum Gasteiger partial charge on any atom is -0.497 e. The number of hydrogen-bond acceptors (Lipinski definition) is 2. The molecule has 0 saturated carbocycles. The molecule has 2 rings (SSSR count). The van der Waals surface area contributed by atoms with Crippen LogP contribution in [0.2, 0.25) is 5.02 Å². The third-order valence-electron chi connectivity index (χ3n) is 3.24. The van der Waals surface area contributed by atoms with Gasteiger partial charge in [0.05, 0.1) is 12.7 Å². The van der Waals surface area contributed by atoms with Crippen molar-refractivity contribution in [3.05, 3.63) is 64.4 Å². The van der Waals surface area contributed by atoms with E-state index < -0.39 is 11.7 Å². The molecule has 116 valence electrons. The molecule has 3 nitrogen and oxygen atoms in total. The Hall–Kier alpha value is -2.07. The van der Waals surface area contributed by atoms with Crippen molar-refractivity contribution in [2.45, 2.75) is 12.8 Å². The van der Waals surface area contributed by atoms with Crippen LogP contribution in [0.3, 0.4) is 0 Å². The molecule has 22 heavy (non-hydrogen) atoms. The Bertz CT molecular complexity index is 661. The minimum absolute atomic E-state index is 0.00535. The molecule has 0 aliphatic rings. The quantitative estimate of drug-likeness (QED) is 0.821. The number of methoxy groups -OCH3 is 1. The Morgan fingerprint density at radius 1 is 1.27 bits per heavy atom. The molecule has 1 amide bonds. The lowest BCUT2D eigenvalue weighted by atomic mass is 10.1. The highest BCUT2D eigenvalue weighted by Gasteiger charge is 2.11. The molecule has 0 aliphatic heterocycles. The summed E-state index contributed by atoms with van der Waals surface area (Å²) in [6, 6.07) is 11.8. The van der Waals surface area contributed by atoms with E-state index in [9.17, 15) is 9.18 Å². The van der Waals surface area contributed by atoms with Crippen LogP contribution in [-0.4, -0.2) is 19.6 Å². The first-order valence-electron chi connectivity index (χ1n) is 6.96. The predicted octanol–water partition coefficient (Wildman–Crippen LogP) is 3.85. The summed E-state index contributed by atoms with van der Waals surface area (Å²) in [6.07, 6.45) is 1.56. The molecule has 0 unspecified atom stereocenters. The molecular formula is C17H17ClFNO2. The van der Waals surface area contributed by atoms with Crippen molar-refractivity contribution in [1.82, 2.24) is 5.32 Å². The SMILES string of the molecule is COc1cccc(CCCNC(=O)c2ccc(Cl)cc2F)c1. The Labute approximate surface area is 134 Å². The molecule has 0 aliphatic carbocycles. The summed E-state index contributed by atoms with van der Waals surface area (Å²) >= 11 is 5.66. The number of aryl methyl sites for hydroxylation is 1. The molecule has 0 fully saturated rings. The Morgan fingerprint density at radius 3 is 2.82 bits per heavy atom. The van der Waals surface area contributed by atoms with Crippen LogP contribution in [0.15, 0.2) is 42.5 Å². The minimum atomic E-state index is -0.613. The molecule has 0 aromatic heterocycles. The molecule has 0 saturated heterocycles. The second-order valence-electron chi connectivity index (χ2n) is 4.84. The molecular weight excluding hydrogens is 305 g/mol. The predicted molar refractivity (Wildman–Crippen MR) is 85.1 cm³/mol. The lowest BCUT2D eigenvalue weighted by molar-refractivity contribution is 0.0949. The summed E-state index contributed by atoms with van der Waals surface area (Å²) in [5.41, 5.74) is 1.14. The van der Waals surface area contributed by atoms with Gasteiger partial charge in [-0.1, -0.05) is 23.7 Å². The van der Waals surface area contributed by atoms with Gasteiger partial charge in [0.25, 0.3) is 5.91 Å². The Kier molecular flexibility index (Phi) is 5.78. The van der Waals surface area contributed by atoms with Crippen molar-refractivity contribution in [2.75, 3.05) is 13.7 Å². The van der Waals surface area contributed by atoms with Crippen LogP contribution in [-0.2, 0) is 6.42 Å². The first kappa shape index (κ1) is 16.3. The lowest BCUT2D eigenvalue weighted by Crippen LogP contribution is -2.25. The number of ether oxygens (including phenoxy) is 1. The zero-order valence-corrected chi connectivity index (χ0v) is 13.0. The van der Waals surface area contributed by atoms with E-state index in [0.717, 1.165) is 30.2 Å². The fourth-order valence-electron chi connectivity index (χ4n) is 2.09. The highest BCUT2D eigenvalue weighted by molar-refractivity contribution is 6.30. The average molecular weight is 322 g/mol. The summed E-state index contributed by atoms with van der Waals surface area (Å²) in [7, 11) is 1.62. The molecule has 0 bridgehead atoms. The van der Waals surface area contributed by atoms with Crippen LogP contribution in [0.5, 0.6) is 5.75 Å². The van der Waals surface area contributed by atoms with Gasteiger partial charge in [-0.05, 0) is 48.7 Å². The Balaban J connectivity index is 1.82. The summed E-state index contributed by atoms with van der Waals surface area (Å²) in [4.78, 5) is 11.9. The maximum absolute atomic E-state index is 13.6. The van der Waals surface area contributed by atoms with Gasteiger partial charge in [0.15, 0.2) is 0 Å². The number of nitrogens with one attached hydrogen (secondary N) is 1. The van der Waals surface area contributed by atoms with Crippen LogP contribution < -0.4 is 10.1 Å². The van der Waals surface area contributed by atoms with Gasteiger partial charge in [0, 0.05) is 11.6 Å². The number of hydrogen-bond donors (Lipinski definition) is 1. The monoisotopic (exact) mass is 321 g/mol. The number of carbonyl (C=O) groups is 1. The van der Waals surface area contributed by atoms with Crippen LogP contribution >= 0.6 is 11.6 Å². The van der Waals surface area contributed by atoms with Gasteiger partial charge in [-0.15, -0.1) is 0 Å². The highest BCUT2D eigenvalue weighted by Crippen LogP contribution is 2.15. The molecule has 2 aromatic carbocycles. The van der Waals surface area contributed by atoms with E-state index >= 15 is 0 Å². The van der Waals surface area contributed by atoms with E-state index in [-0.39, 0.29) is 10.6 Å². The zero-order valence-electron chi connectivity index (χ0n) is 12.2. The van der Waals surface area contributed by atoms with Gasteiger partial charge in [0.1, 0.15) is 11.6 Å². The first-order valence-corrected chi connectivity index (χ1v) is 7.34. The summed E-state index contributed by atoms with van der Waals surface area (Å²) in [6.45, 7) is 0.470. The van der Waals surface area contributed by atoms with E-state index in [0.29, 0.717) is 6.54 Å². The molecule has 5 heteroatoms. The van der Waals surface area contributed by atoms with E-state index in [1.54, 1.807) is 7.11 Å². The van der Waals surface area contributed by atoms with Gasteiger partial charge >= 0.3 is 0 Å². The van der Waals surface area contributed by atoms with Crippen molar-refractivity contribution in [1.29, 1.82) is 0 Å². The fraction of sp³-hybridized carbons (Fsp3) is 0.235. The maximum atomic E-state index is 13.6. The number of rotatable bonds is 6. The Morgan fingerprint density at radius 2 is 2.09 bits per heavy atom. The van der Waals surface area contributed by atoms with Crippen LogP contribution in [0.1, 0.15) is 22.3 Å². The standard InChI is InChI=1S/C17H17ClFNO2/c1-22-14-6-2-4-12(10-14)5-3-9-20-17(21)15-8-7-13(18)11-16(15)19/h2,4,6-8,10-11H,3,5,9H2,1H3,(H,20,21). The zero-order chi connectivity index (χ0) is 15.9. The third kappa shape index (κ3) is 4.46. The molecule has 0 spiro atoms. The van der Waals surface area contributed by atoms with E-state index in [4.69, 9.17) is 16.3 Å². The largest absolute Gasteiger partial charge is 0.497 e. The summed E-state index contributed by atoms with van der Waals surface area (Å²) in [5, 5.41) is 2.98. The molecule has 0 heterocycles. The van der Waals surface area contributed by atoms with Gasteiger partial charge in [-0.2, -0.15) is 0 Å². The number of halogens is 2. The third-order valence-corrected chi connectivity index (χ3v) is 3.47. The topological polar surface area (TPSA) is 38.3 Å². The van der Waals surface area contributed by atoms with Crippen molar-refractivity contribution in [3.63, 3.8) is 0 Å². The normalized spacial score (nSPS) is 10.3. The van der Waals surface area contributed by atoms with Gasteiger partial charge in [-0.3, -0.25) is 4.79 Å². The number of amides is 1. The van der Waals surface area contributed by atoms with Crippen molar-refractivity contribution >= 4 is 17.5 Å². The summed E-state index contributed by atoms with van der Waals surface area (Å²) in [5.74, 6) is -0.234. The fourth-order valence-corrected chi connectivity index (χ4v) is 2.25. The average Bonchev–Trinajstić information content (AvgIpc) is 2.51. The van der Waals surface area contributed by atoms with E-state index in [1.165, 1.54) is 12.1 Å². The molecule has 0 radical (unpaired) electrons. The second-order valence-corrected chi connectivity index (χ2v) is 5.27. The van der Waals surface area contributed by atoms with Gasteiger partial charge in [0.2, 0.25) is 0 Å². The highest BCUT2D eigenvalue weighted by atomic mass is 35.5. The van der Waals surface area contributed by atoms with E-state index in [1.807, 2.05) is 24.3 Å². The van der Waals surface area contributed by atoms with Gasteiger partial charge in [-0.25, -0.2) is 4.39 Å². The van der Waals surface area contributed by atoms with Crippen molar-refractivity contribution in [3.8, 4) is 5.75 Å². The second kappa shape index (κ2) is 7.80. The molecule has 0 atom stereocenters. The van der Waals surface area contributed by atoms with Crippen LogP contribution in [0.4, 0.5) is 4.39 Å². The summed E-state index contributed by atoms with van der Waals surface area (Å²) < 4.78 is 18.8. The molecule has 2 aromatic rings. The molecule has 1 N–H and O–H groups in total. The van der Waals surface area contributed by atoms with Gasteiger partial charge < -0.3 is 10.1 Å². The lowest BCUT2D eigenvalue weighted by Gasteiger charge is -2.07. The first-order chi connectivity index (χ1) is 10.6. The number of benzene rings is 2.